The molecule has 0 saturated heterocycles. The number of aryl methyl sites for hydroxylation is 1. The van der Waals surface area contributed by atoms with Crippen LogP contribution in [0.2, 0.25) is 0 Å². The predicted molar refractivity (Wildman–Crippen MR) is 81.0 cm³/mol. The van der Waals surface area contributed by atoms with E-state index in [1.807, 2.05) is 36.7 Å². The Morgan fingerprint density at radius 1 is 1.06 bits per heavy atom. The standard InChI is InChI=1S/C14H16N2S2/c17-18-11-12(14-6-2-4-10-16-14)7-8-13-5-1-3-9-15-13/h1-6,9-10,12,17H,7-8,11H2. The molecule has 0 amide bonds. The molecule has 0 radical (unpaired) electrons. The molecule has 1 unspecified atom stereocenters. The predicted octanol–water partition coefficient (Wildman–Crippen LogP) is 3.77. The van der Waals surface area contributed by atoms with Crippen LogP contribution in [0.4, 0.5) is 0 Å². The molecule has 2 heterocycles. The second-order valence-corrected chi connectivity index (χ2v) is 5.47. The van der Waals surface area contributed by atoms with Gasteiger partial charge in [0.05, 0.1) is 0 Å². The highest BCUT2D eigenvalue weighted by Crippen LogP contribution is 2.25. The van der Waals surface area contributed by atoms with Gasteiger partial charge in [-0.25, -0.2) is 0 Å². The Morgan fingerprint density at radius 3 is 2.44 bits per heavy atom. The fourth-order valence-electron chi connectivity index (χ4n) is 1.89. The zero-order valence-electron chi connectivity index (χ0n) is 10.1. The SMILES string of the molecule is SSCC(CCc1ccccn1)c1ccccn1. The van der Waals surface area contributed by atoms with Gasteiger partial charge in [-0.2, -0.15) is 0 Å². The first-order chi connectivity index (χ1) is 8.90. The minimum absolute atomic E-state index is 0.440. The fraction of sp³-hybridized carbons (Fsp3) is 0.286. The third-order valence-electron chi connectivity index (χ3n) is 2.86. The normalized spacial score (nSPS) is 12.3. The highest BCUT2D eigenvalue weighted by Gasteiger charge is 2.12. The van der Waals surface area contributed by atoms with E-state index >= 15 is 0 Å². The molecule has 1 atom stereocenters. The number of aromatic nitrogens is 2. The minimum Gasteiger partial charge on any atom is -0.261 e. The first-order valence-corrected chi connectivity index (χ1v) is 8.01. The first kappa shape index (κ1) is 13.4. The van der Waals surface area contributed by atoms with Gasteiger partial charge in [0, 0.05) is 35.5 Å². The Hall–Kier alpha value is -1.00. The van der Waals surface area contributed by atoms with E-state index in [1.165, 1.54) is 0 Å². The van der Waals surface area contributed by atoms with Crippen molar-refractivity contribution in [2.45, 2.75) is 18.8 Å². The van der Waals surface area contributed by atoms with Crippen LogP contribution in [0.5, 0.6) is 0 Å². The van der Waals surface area contributed by atoms with E-state index < -0.39 is 0 Å². The van der Waals surface area contributed by atoms with Crippen molar-refractivity contribution in [3.63, 3.8) is 0 Å². The van der Waals surface area contributed by atoms with Crippen molar-refractivity contribution < 1.29 is 0 Å². The lowest BCUT2D eigenvalue weighted by atomic mass is 9.99. The minimum atomic E-state index is 0.440. The maximum absolute atomic E-state index is 4.44. The Balaban J connectivity index is 1.99. The molecule has 0 spiro atoms. The number of pyridine rings is 2. The molecule has 0 bridgehead atoms. The monoisotopic (exact) mass is 276 g/mol. The number of thiol groups is 1. The Kier molecular flexibility index (Phi) is 5.55. The summed E-state index contributed by atoms with van der Waals surface area (Å²) in [4.78, 5) is 8.80. The molecule has 0 aliphatic carbocycles. The highest BCUT2D eigenvalue weighted by atomic mass is 33.1. The summed E-state index contributed by atoms with van der Waals surface area (Å²) in [6.07, 6.45) is 5.74. The second-order valence-electron chi connectivity index (χ2n) is 4.11. The van der Waals surface area contributed by atoms with Crippen LogP contribution >= 0.6 is 22.5 Å². The van der Waals surface area contributed by atoms with E-state index in [1.54, 1.807) is 10.8 Å². The zero-order valence-corrected chi connectivity index (χ0v) is 11.8. The molecule has 0 N–H and O–H groups in total. The molecular formula is C14H16N2S2. The van der Waals surface area contributed by atoms with Crippen LogP contribution in [0.15, 0.2) is 48.8 Å². The van der Waals surface area contributed by atoms with E-state index in [-0.39, 0.29) is 0 Å². The highest BCUT2D eigenvalue weighted by molar-refractivity contribution is 8.68. The summed E-state index contributed by atoms with van der Waals surface area (Å²) in [5, 5.41) is 0. The molecule has 2 aromatic heterocycles. The lowest BCUT2D eigenvalue weighted by molar-refractivity contribution is 0.662. The summed E-state index contributed by atoms with van der Waals surface area (Å²) in [7, 11) is 1.57. The van der Waals surface area contributed by atoms with Crippen molar-refractivity contribution in [2.75, 3.05) is 5.75 Å². The van der Waals surface area contributed by atoms with Gasteiger partial charge in [-0.15, -0.1) is 11.7 Å². The van der Waals surface area contributed by atoms with Gasteiger partial charge in [0.2, 0.25) is 0 Å². The molecule has 94 valence electrons. The van der Waals surface area contributed by atoms with Gasteiger partial charge in [-0.3, -0.25) is 9.97 Å². The summed E-state index contributed by atoms with van der Waals surface area (Å²) >= 11 is 4.26. The summed E-state index contributed by atoms with van der Waals surface area (Å²) < 4.78 is 0. The lowest BCUT2D eigenvalue weighted by Gasteiger charge is -2.14. The van der Waals surface area contributed by atoms with Crippen molar-refractivity contribution in [1.82, 2.24) is 9.97 Å². The summed E-state index contributed by atoms with van der Waals surface area (Å²) in [5.41, 5.74) is 2.29. The van der Waals surface area contributed by atoms with Crippen LogP contribution in [0.1, 0.15) is 23.7 Å². The largest absolute Gasteiger partial charge is 0.261 e. The summed E-state index contributed by atoms with van der Waals surface area (Å²) in [6, 6.07) is 12.1. The van der Waals surface area contributed by atoms with Gasteiger partial charge >= 0.3 is 0 Å². The molecule has 0 saturated carbocycles. The maximum Gasteiger partial charge on any atom is 0.0443 e. The van der Waals surface area contributed by atoms with E-state index in [0.717, 1.165) is 30.0 Å². The van der Waals surface area contributed by atoms with Crippen LogP contribution in [0, 0.1) is 0 Å². The Labute approximate surface area is 117 Å². The van der Waals surface area contributed by atoms with Crippen molar-refractivity contribution in [1.29, 1.82) is 0 Å². The fourth-order valence-corrected chi connectivity index (χ4v) is 2.95. The van der Waals surface area contributed by atoms with Crippen LogP contribution in [0.3, 0.4) is 0 Å². The number of rotatable bonds is 6. The van der Waals surface area contributed by atoms with Crippen LogP contribution < -0.4 is 0 Å². The number of hydrogen-bond acceptors (Lipinski definition) is 4. The van der Waals surface area contributed by atoms with Crippen molar-refractivity contribution >= 4 is 22.5 Å². The average molecular weight is 276 g/mol. The van der Waals surface area contributed by atoms with Crippen molar-refractivity contribution in [2.24, 2.45) is 0 Å². The van der Waals surface area contributed by atoms with Gasteiger partial charge in [-0.1, -0.05) is 22.9 Å². The van der Waals surface area contributed by atoms with E-state index in [9.17, 15) is 0 Å². The molecule has 18 heavy (non-hydrogen) atoms. The van der Waals surface area contributed by atoms with Crippen molar-refractivity contribution in [3.05, 3.63) is 60.2 Å². The first-order valence-electron chi connectivity index (χ1n) is 5.97. The molecule has 0 aliphatic rings. The van der Waals surface area contributed by atoms with E-state index in [0.29, 0.717) is 5.92 Å². The quantitative estimate of drug-likeness (QED) is 0.642. The van der Waals surface area contributed by atoms with Gasteiger partial charge in [0.1, 0.15) is 0 Å². The van der Waals surface area contributed by atoms with Crippen molar-refractivity contribution in [3.8, 4) is 0 Å². The van der Waals surface area contributed by atoms with Gasteiger partial charge in [-0.05, 0) is 37.1 Å². The molecule has 4 heteroatoms. The van der Waals surface area contributed by atoms with Crippen LogP contribution in [-0.2, 0) is 6.42 Å². The summed E-state index contributed by atoms with van der Waals surface area (Å²) in [6.45, 7) is 0. The lowest BCUT2D eigenvalue weighted by Crippen LogP contribution is -2.06. The van der Waals surface area contributed by atoms with Crippen LogP contribution in [0.25, 0.3) is 0 Å². The number of nitrogens with zero attached hydrogens (tertiary/aromatic N) is 2. The summed E-state index contributed by atoms with van der Waals surface area (Å²) in [5.74, 6) is 1.42. The van der Waals surface area contributed by atoms with Crippen LogP contribution in [-0.4, -0.2) is 15.7 Å². The molecule has 2 rings (SSSR count). The smallest absolute Gasteiger partial charge is 0.0443 e. The molecule has 0 aromatic carbocycles. The second kappa shape index (κ2) is 7.44. The molecular weight excluding hydrogens is 260 g/mol. The zero-order chi connectivity index (χ0) is 12.6. The topological polar surface area (TPSA) is 25.8 Å². The molecule has 0 aliphatic heterocycles. The Bertz CT molecular complexity index is 448. The number of hydrogen-bond donors (Lipinski definition) is 1. The molecule has 2 nitrogen and oxygen atoms in total. The molecule has 2 aromatic rings. The van der Waals surface area contributed by atoms with Gasteiger partial charge < -0.3 is 0 Å². The van der Waals surface area contributed by atoms with E-state index in [2.05, 4.69) is 33.8 Å². The third-order valence-corrected chi connectivity index (χ3v) is 3.86. The third kappa shape index (κ3) is 4.03. The average Bonchev–Trinajstić information content (AvgIpc) is 2.45. The Morgan fingerprint density at radius 2 is 1.83 bits per heavy atom. The van der Waals surface area contributed by atoms with Gasteiger partial charge in [0.15, 0.2) is 0 Å². The maximum atomic E-state index is 4.44. The molecule has 0 fully saturated rings. The van der Waals surface area contributed by atoms with Gasteiger partial charge in [0.25, 0.3) is 0 Å². The van der Waals surface area contributed by atoms with E-state index in [4.69, 9.17) is 0 Å².